The number of anilines is 3. The molecule has 1 aliphatic carbocycles. The lowest BCUT2D eigenvalue weighted by molar-refractivity contribution is 0.660. The quantitative estimate of drug-likeness (QED) is 0.198. The minimum absolute atomic E-state index is 0.0830. The molecule has 0 N–H and O–H groups in total. The summed E-state index contributed by atoms with van der Waals surface area (Å²) in [6, 6.07) is 47.8. The monoisotopic (exact) mass is 605 g/mol. The highest BCUT2D eigenvalue weighted by molar-refractivity contribution is 9.10. The van der Waals surface area contributed by atoms with Crippen molar-refractivity contribution in [3.63, 3.8) is 0 Å². The highest BCUT2D eigenvalue weighted by Gasteiger charge is 2.37. The third-order valence-corrected chi connectivity index (χ3v) is 9.41. The van der Waals surface area contributed by atoms with Gasteiger partial charge >= 0.3 is 0 Å². The van der Waals surface area contributed by atoms with Crippen molar-refractivity contribution in [2.75, 3.05) is 4.90 Å². The molecule has 0 saturated heterocycles. The Labute approximate surface area is 254 Å². The third-order valence-electron chi connectivity index (χ3n) is 8.75. The molecule has 7 aromatic rings. The van der Waals surface area contributed by atoms with Gasteiger partial charge in [-0.05, 0) is 76.3 Å². The fourth-order valence-electron chi connectivity index (χ4n) is 6.69. The first-order chi connectivity index (χ1) is 20.5. The number of furan rings is 1. The van der Waals surface area contributed by atoms with E-state index >= 15 is 0 Å². The van der Waals surface area contributed by atoms with Gasteiger partial charge in [-0.2, -0.15) is 0 Å². The molecule has 1 aliphatic rings. The van der Waals surface area contributed by atoms with Gasteiger partial charge in [-0.3, -0.25) is 0 Å². The maximum atomic E-state index is 6.24. The molecule has 1 heterocycles. The molecular weight excluding hydrogens is 578 g/mol. The van der Waals surface area contributed by atoms with Crippen molar-refractivity contribution in [1.29, 1.82) is 0 Å². The summed E-state index contributed by atoms with van der Waals surface area (Å²) >= 11 is 3.78. The second kappa shape index (κ2) is 9.47. The fourth-order valence-corrected chi connectivity index (χ4v) is 7.25. The lowest BCUT2D eigenvalue weighted by Crippen LogP contribution is -2.16. The van der Waals surface area contributed by atoms with Gasteiger partial charge in [-0.1, -0.05) is 115 Å². The van der Waals surface area contributed by atoms with Gasteiger partial charge in [-0.15, -0.1) is 0 Å². The Bertz CT molecular complexity index is 2120. The number of rotatable bonds is 4. The summed E-state index contributed by atoms with van der Waals surface area (Å²) in [4.78, 5) is 2.40. The summed E-state index contributed by atoms with van der Waals surface area (Å²) in [5.74, 6) is 0. The predicted octanol–water partition coefficient (Wildman–Crippen LogP) is 11.8. The molecule has 6 aromatic carbocycles. The van der Waals surface area contributed by atoms with E-state index in [1.54, 1.807) is 0 Å². The topological polar surface area (TPSA) is 16.4 Å². The molecule has 0 spiro atoms. The molecule has 2 nitrogen and oxygen atoms in total. The molecule has 0 saturated carbocycles. The van der Waals surface area contributed by atoms with Crippen molar-refractivity contribution < 1.29 is 4.42 Å². The molecule has 0 radical (unpaired) electrons. The number of hydrogen-bond donors (Lipinski definition) is 0. The van der Waals surface area contributed by atoms with Crippen molar-refractivity contribution in [3.8, 4) is 22.3 Å². The van der Waals surface area contributed by atoms with Crippen LogP contribution in [0.5, 0.6) is 0 Å². The summed E-state index contributed by atoms with van der Waals surface area (Å²) in [7, 11) is 0. The van der Waals surface area contributed by atoms with Gasteiger partial charge in [-0.25, -0.2) is 0 Å². The van der Waals surface area contributed by atoms with Crippen LogP contribution < -0.4 is 4.90 Å². The zero-order valence-corrected chi connectivity index (χ0v) is 25.0. The van der Waals surface area contributed by atoms with E-state index in [1.807, 2.05) is 12.1 Å². The Morgan fingerprint density at radius 3 is 2.12 bits per heavy atom. The van der Waals surface area contributed by atoms with Crippen LogP contribution in [0.1, 0.15) is 25.0 Å². The van der Waals surface area contributed by atoms with Crippen molar-refractivity contribution >= 4 is 54.9 Å². The first kappa shape index (κ1) is 25.1. The number of halogens is 1. The Hall–Kier alpha value is -4.60. The van der Waals surface area contributed by atoms with Gasteiger partial charge in [0.25, 0.3) is 0 Å². The molecule has 202 valence electrons. The number of benzene rings is 6. The average Bonchev–Trinajstić information content (AvgIpc) is 3.51. The van der Waals surface area contributed by atoms with Crippen LogP contribution in [0.3, 0.4) is 0 Å². The van der Waals surface area contributed by atoms with Crippen LogP contribution in [0.25, 0.3) is 44.2 Å². The van der Waals surface area contributed by atoms with E-state index in [1.165, 1.54) is 39.1 Å². The van der Waals surface area contributed by atoms with Crippen LogP contribution in [0.4, 0.5) is 17.1 Å². The van der Waals surface area contributed by atoms with E-state index in [4.69, 9.17) is 4.42 Å². The van der Waals surface area contributed by atoms with Crippen LogP contribution in [-0.2, 0) is 5.41 Å². The van der Waals surface area contributed by atoms with Gasteiger partial charge in [0, 0.05) is 37.6 Å². The van der Waals surface area contributed by atoms with Crippen LogP contribution in [0.15, 0.2) is 142 Å². The normalized spacial score (nSPS) is 13.3. The fraction of sp³-hybridized carbons (Fsp3) is 0.0769. The number of nitrogens with zero attached hydrogens (tertiary/aromatic N) is 1. The SMILES string of the molecule is CC1(C)c2ccccc2-c2c(N(c3ccc(-c4ccccc4)cc3)c3ccc4oc5cccc(Br)c5c4c3)cccc21. The first-order valence-corrected chi connectivity index (χ1v) is 15.1. The maximum absolute atomic E-state index is 6.24. The predicted molar refractivity (Wildman–Crippen MR) is 179 cm³/mol. The Morgan fingerprint density at radius 1 is 0.595 bits per heavy atom. The standard InChI is InChI=1S/C39H28BrNO/c1-39(2)31-13-7-6-12-29(31)37-32(39)14-8-16-34(37)41(27-20-18-26(19-21-27)25-10-4-3-5-11-25)28-22-23-35-30(24-28)38-33(40)15-9-17-36(38)42-35/h3-24H,1-2H3. The molecule has 0 fully saturated rings. The van der Waals surface area contributed by atoms with Crippen LogP contribution >= 0.6 is 15.9 Å². The summed E-state index contributed by atoms with van der Waals surface area (Å²) in [6.07, 6.45) is 0. The zero-order valence-electron chi connectivity index (χ0n) is 23.4. The molecule has 0 amide bonds. The van der Waals surface area contributed by atoms with Crippen molar-refractivity contribution in [2.24, 2.45) is 0 Å². The molecule has 0 aliphatic heterocycles. The first-order valence-electron chi connectivity index (χ1n) is 14.3. The van der Waals surface area contributed by atoms with Gasteiger partial charge in [0.1, 0.15) is 11.2 Å². The second-order valence-corrected chi connectivity index (χ2v) is 12.4. The summed E-state index contributed by atoms with van der Waals surface area (Å²) < 4.78 is 7.28. The van der Waals surface area contributed by atoms with E-state index in [2.05, 4.69) is 156 Å². The largest absolute Gasteiger partial charge is 0.456 e. The van der Waals surface area contributed by atoms with Crippen LogP contribution in [0.2, 0.25) is 0 Å². The van der Waals surface area contributed by atoms with Crippen molar-refractivity contribution in [1.82, 2.24) is 0 Å². The van der Waals surface area contributed by atoms with Gasteiger partial charge < -0.3 is 9.32 Å². The summed E-state index contributed by atoms with van der Waals surface area (Å²) in [5.41, 5.74) is 12.8. The molecule has 0 bridgehead atoms. The average molecular weight is 607 g/mol. The highest BCUT2D eigenvalue weighted by Crippen LogP contribution is 2.54. The van der Waals surface area contributed by atoms with Crippen molar-refractivity contribution in [3.05, 3.63) is 149 Å². The van der Waals surface area contributed by atoms with Crippen molar-refractivity contribution in [2.45, 2.75) is 19.3 Å². The van der Waals surface area contributed by atoms with E-state index in [0.717, 1.165) is 37.8 Å². The van der Waals surface area contributed by atoms with Gasteiger partial charge in [0.15, 0.2) is 0 Å². The molecule has 0 atom stereocenters. The zero-order chi connectivity index (χ0) is 28.4. The number of fused-ring (bicyclic) bond motifs is 6. The molecule has 1 aromatic heterocycles. The summed E-state index contributed by atoms with van der Waals surface area (Å²) in [6.45, 7) is 4.67. The highest BCUT2D eigenvalue weighted by atomic mass is 79.9. The molecule has 0 unspecified atom stereocenters. The summed E-state index contributed by atoms with van der Waals surface area (Å²) in [5, 5.41) is 2.19. The molecule has 42 heavy (non-hydrogen) atoms. The third kappa shape index (κ3) is 3.77. The minimum atomic E-state index is -0.0830. The molecule has 8 rings (SSSR count). The minimum Gasteiger partial charge on any atom is -0.456 e. The van der Waals surface area contributed by atoms with E-state index in [0.29, 0.717) is 0 Å². The maximum Gasteiger partial charge on any atom is 0.136 e. The number of hydrogen-bond acceptors (Lipinski definition) is 2. The van der Waals surface area contributed by atoms with E-state index < -0.39 is 0 Å². The van der Waals surface area contributed by atoms with E-state index in [-0.39, 0.29) is 5.41 Å². The van der Waals surface area contributed by atoms with Gasteiger partial charge in [0.05, 0.1) is 5.69 Å². The second-order valence-electron chi connectivity index (χ2n) is 11.5. The van der Waals surface area contributed by atoms with Crippen LogP contribution in [-0.4, -0.2) is 0 Å². The van der Waals surface area contributed by atoms with Gasteiger partial charge in [0.2, 0.25) is 0 Å². The molecule has 3 heteroatoms. The smallest absolute Gasteiger partial charge is 0.136 e. The van der Waals surface area contributed by atoms with E-state index in [9.17, 15) is 0 Å². The lowest BCUT2D eigenvalue weighted by Gasteiger charge is -2.29. The van der Waals surface area contributed by atoms with Crippen LogP contribution in [0, 0.1) is 0 Å². The Balaban J connectivity index is 1.38. The Kier molecular flexibility index (Phi) is 5.67. The molecular formula is C39H28BrNO. The Morgan fingerprint density at radius 2 is 1.29 bits per heavy atom. The lowest BCUT2D eigenvalue weighted by atomic mass is 9.82.